The van der Waals surface area contributed by atoms with Crippen LogP contribution >= 0.6 is 11.3 Å². The molecule has 1 atom stereocenters. The molecule has 0 spiro atoms. The molecule has 1 amide bonds. The number of aromatic amines is 1. The highest BCUT2D eigenvalue weighted by molar-refractivity contribution is 7.10. The largest absolute Gasteiger partial charge is 0.507 e. The number of nitrogens with one attached hydrogen (secondary N) is 1. The highest BCUT2D eigenvalue weighted by Crippen LogP contribution is 2.43. The highest BCUT2D eigenvalue weighted by Gasteiger charge is 2.48. The standard InChI is InChI=1S/C27H25N3O6S/c1-14(2)36-16-9-7-15(8-10-16)24(31)22-23(21-6-5-11-37-21)30(26(33)25(22)32)27-28-17-12-19(34-3)20(35-4)13-18(17)29-27/h5-14,23,31H,1-4H3,(H,28,29)/b24-22+. The number of anilines is 1. The molecule has 4 aromatic rings. The second kappa shape index (κ2) is 9.62. The Morgan fingerprint density at radius 2 is 1.78 bits per heavy atom. The van der Waals surface area contributed by atoms with Gasteiger partial charge in [-0.15, -0.1) is 11.3 Å². The molecule has 1 fully saturated rings. The van der Waals surface area contributed by atoms with Crippen LogP contribution in [0.2, 0.25) is 0 Å². The van der Waals surface area contributed by atoms with Crippen LogP contribution in [0.15, 0.2) is 59.5 Å². The number of methoxy groups -OCH3 is 2. The lowest BCUT2D eigenvalue weighted by Gasteiger charge is -2.21. The maximum atomic E-state index is 13.4. The fourth-order valence-corrected chi connectivity index (χ4v) is 5.15. The number of thiophene rings is 1. The van der Waals surface area contributed by atoms with Gasteiger partial charge in [0.05, 0.1) is 36.9 Å². The lowest BCUT2D eigenvalue weighted by molar-refractivity contribution is -0.132. The van der Waals surface area contributed by atoms with Crippen molar-refractivity contribution in [2.75, 3.05) is 19.1 Å². The average molecular weight is 520 g/mol. The summed E-state index contributed by atoms with van der Waals surface area (Å²) in [6, 6.07) is 12.9. The molecule has 0 aliphatic carbocycles. The molecule has 0 radical (unpaired) electrons. The Balaban J connectivity index is 1.63. The van der Waals surface area contributed by atoms with Crippen LogP contribution in [0.1, 0.15) is 30.3 Å². The molecule has 0 bridgehead atoms. The Bertz CT molecular complexity index is 1460. The summed E-state index contributed by atoms with van der Waals surface area (Å²) in [5.74, 6) is -0.0799. The number of benzene rings is 2. The van der Waals surface area contributed by atoms with E-state index in [0.29, 0.717) is 38.7 Å². The monoisotopic (exact) mass is 519 g/mol. The minimum Gasteiger partial charge on any atom is -0.507 e. The van der Waals surface area contributed by atoms with Crippen molar-refractivity contribution in [1.29, 1.82) is 0 Å². The van der Waals surface area contributed by atoms with Gasteiger partial charge in [-0.3, -0.25) is 14.5 Å². The molecule has 2 N–H and O–H groups in total. The van der Waals surface area contributed by atoms with Gasteiger partial charge in [0.25, 0.3) is 5.78 Å². The average Bonchev–Trinajstić information content (AvgIpc) is 3.61. The summed E-state index contributed by atoms with van der Waals surface area (Å²) in [5.41, 5.74) is 1.51. The van der Waals surface area contributed by atoms with Crippen molar-refractivity contribution in [1.82, 2.24) is 9.97 Å². The number of ketones is 1. The number of carbonyl (C=O) groups is 2. The number of nitrogens with zero attached hydrogens (tertiary/aromatic N) is 2. The van der Waals surface area contributed by atoms with Crippen molar-refractivity contribution in [3.05, 3.63) is 69.9 Å². The topological polar surface area (TPSA) is 114 Å². The van der Waals surface area contributed by atoms with E-state index in [2.05, 4.69) is 9.97 Å². The Hall–Kier alpha value is -4.31. The Labute approximate surface area is 216 Å². The second-order valence-corrected chi connectivity index (χ2v) is 9.64. The van der Waals surface area contributed by atoms with Gasteiger partial charge < -0.3 is 24.3 Å². The molecule has 0 saturated carbocycles. The quantitative estimate of drug-likeness (QED) is 0.199. The van der Waals surface area contributed by atoms with Crippen molar-refractivity contribution in [2.24, 2.45) is 0 Å². The van der Waals surface area contributed by atoms with Gasteiger partial charge in [-0.05, 0) is 49.6 Å². The predicted molar refractivity (Wildman–Crippen MR) is 141 cm³/mol. The number of ether oxygens (including phenoxy) is 3. The number of aliphatic hydroxyl groups is 1. The molecule has 1 saturated heterocycles. The molecule has 190 valence electrons. The number of Topliss-reactive ketones (excluding diaryl/α,β-unsaturated/α-hetero) is 1. The van der Waals surface area contributed by atoms with E-state index in [1.807, 2.05) is 31.4 Å². The van der Waals surface area contributed by atoms with Gasteiger partial charge in [-0.1, -0.05) is 6.07 Å². The normalized spacial score (nSPS) is 17.1. The maximum absolute atomic E-state index is 13.4. The summed E-state index contributed by atoms with van der Waals surface area (Å²) in [6.07, 6.45) is -0.00709. The number of hydrogen-bond acceptors (Lipinski definition) is 8. The maximum Gasteiger partial charge on any atom is 0.302 e. The van der Waals surface area contributed by atoms with E-state index in [0.717, 1.165) is 0 Å². The Kier molecular flexibility index (Phi) is 6.34. The third-order valence-corrected chi connectivity index (χ3v) is 6.88. The number of fused-ring (bicyclic) bond motifs is 1. The fourth-order valence-electron chi connectivity index (χ4n) is 4.32. The van der Waals surface area contributed by atoms with Crippen molar-refractivity contribution < 1.29 is 28.9 Å². The van der Waals surface area contributed by atoms with Crippen LogP contribution < -0.4 is 19.1 Å². The number of rotatable bonds is 7. The van der Waals surface area contributed by atoms with E-state index >= 15 is 0 Å². The van der Waals surface area contributed by atoms with E-state index in [4.69, 9.17) is 14.2 Å². The molecular weight excluding hydrogens is 494 g/mol. The third kappa shape index (κ3) is 4.29. The van der Waals surface area contributed by atoms with Crippen LogP contribution in [-0.2, 0) is 9.59 Å². The molecule has 2 aromatic carbocycles. The molecule has 9 nitrogen and oxygen atoms in total. The SMILES string of the molecule is COc1cc2nc(N3C(=O)C(=O)/C(=C(/O)c4ccc(OC(C)C)cc4)C3c3cccs3)[nH]c2cc1OC. The summed E-state index contributed by atoms with van der Waals surface area (Å²) < 4.78 is 16.4. The predicted octanol–water partition coefficient (Wildman–Crippen LogP) is 5.06. The molecule has 1 aliphatic rings. The van der Waals surface area contributed by atoms with Gasteiger partial charge >= 0.3 is 5.91 Å². The number of imidazole rings is 1. The molecule has 1 aliphatic heterocycles. The molecule has 1 unspecified atom stereocenters. The van der Waals surface area contributed by atoms with Crippen LogP contribution in [-0.4, -0.2) is 47.1 Å². The highest BCUT2D eigenvalue weighted by atomic mass is 32.1. The number of H-pyrrole nitrogens is 1. The smallest absolute Gasteiger partial charge is 0.302 e. The van der Waals surface area contributed by atoms with E-state index in [9.17, 15) is 14.7 Å². The van der Waals surface area contributed by atoms with Gasteiger partial charge in [0.1, 0.15) is 17.6 Å². The third-order valence-electron chi connectivity index (χ3n) is 5.96. The molecular formula is C27H25N3O6S. The number of aliphatic hydroxyl groups excluding tert-OH is 1. The number of aromatic nitrogens is 2. The zero-order chi connectivity index (χ0) is 26.3. The summed E-state index contributed by atoms with van der Waals surface area (Å²) in [4.78, 5) is 36.4. The first-order valence-corrected chi connectivity index (χ1v) is 12.4. The Morgan fingerprint density at radius 3 is 2.41 bits per heavy atom. The van der Waals surface area contributed by atoms with E-state index in [1.165, 1.54) is 30.5 Å². The van der Waals surface area contributed by atoms with Gasteiger partial charge in [0.15, 0.2) is 11.5 Å². The molecule has 10 heteroatoms. The first-order valence-electron chi connectivity index (χ1n) is 11.6. The molecule has 3 heterocycles. The zero-order valence-electron chi connectivity index (χ0n) is 20.6. The minimum atomic E-state index is -0.865. The van der Waals surface area contributed by atoms with E-state index in [-0.39, 0.29) is 23.4 Å². The lowest BCUT2D eigenvalue weighted by Crippen LogP contribution is -2.30. The van der Waals surface area contributed by atoms with Gasteiger partial charge in [-0.2, -0.15) is 0 Å². The zero-order valence-corrected chi connectivity index (χ0v) is 21.5. The van der Waals surface area contributed by atoms with E-state index < -0.39 is 17.7 Å². The van der Waals surface area contributed by atoms with Crippen molar-refractivity contribution in [3.8, 4) is 17.2 Å². The van der Waals surface area contributed by atoms with Gasteiger partial charge in [-0.25, -0.2) is 4.98 Å². The van der Waals surface area contributed by atoms with Gasteiger partial charge in [0.2, 0.25) is 5.95 Å². The molecule has 5 rings (SSSR count). The van der Waals surface area contributed by atoms with E-state index in [1.54, 1.807) is 36.4 Å². The van der Waals surface area contributed by atoms with Crippen LogP contribution in [0.4, 0.5) is 5.95 Å². The summed E-state index contributed by atoms with van der Waals surface area (Å²) in [6.45, 7) is 3.83. The van der Waals surface area contributed by atoms with Crippen LogP contribution in [0.25, 0.3) is 16.8 Å². The first kappa shape index (κ1) is 24.4. The summed E-state index contributed by atoms with van der Waals surface area (Å²) in [5, 5.41) is 13.1. The lowest BCUT2D eigenvalue weighted by atomic mass is 10.00. The fraction of sp³-hybridized carbons (Fsp3) is 0.222. The first-order chi connectivity index (χ1) is 17.8. The Morgan fingerprint density at radius 1 is 1.08 bits per heavy atom. The van der Waals surface area contributed by atoms with Crippen molar-refractivity contribution >= 4 is 45.8 Å². The van der Waals surface area contributed by atoms with Crippen molar-refractivity contribution in [2.45, 2.75) is 26.0 Å². The molecule has 2 aromatic heterocycles. The number of hydrogen-bond donors (Lipinski definition) is 2. The second-order valence-electron chi connectivity index (χ2n) is 8.66. The number of amides is 1. The minimum absolute atomic E-state index is 0.00709. The summed E-state index contributed by atoms with van der Waals surface area (Å²) in [7, 11) is 3.05. The van der Waals surface area contributed by atoms with Gasteiger partial charge in [0, 0.05) is 22.6 Å². The van der Waals surface area contributed by atoms with Crippen molar-refractivity contribution in [3.63, 3.8) is 0 Å². The molecule has 37 heavy (non-hydrogen) atoms. The van der Waals surface area contributed by atoms with Crippen LogP contribution in [0.3, 0.4) is 0 Å². The number of carbonyl (C=O) groups excluding carboxylic acids is 2. The summed E-state index contributed by atoms with van der Waals surface area (Å²) >= 11 is 1.37. The van der Waals surface area contributed by atoms with Crippen LogP contribution in [0.5, 0.6) is 17.2 Å². The van der Waals surface area contributed by atoms with Crippen LogP contribution in [0, 0.1) is 0 Å².